The Morgan fingerprint density at radius 3 is 2.40 bits per heavy atom. The monoisotopic (exact) mass is 269 g/mol. The van der Waals surface area contributed by atoms with E-state index in [-0.39, 0.29) is 6.10 Å². The van der Waals surface area contributed by atoms with Gasteiger partial charge in [0, 0.05) is 31.0 Å². The van der Waals surface area contributed by atoms with Gasteiger partial charge < -0.3 is 10.0 Å². The number of aryl methyl sites for hydroxylation is 1. The molecule has 0 radical (unpaired) electrons. The fourth-order valence-corrected chi connectivity index (χ4v) is 2.59. The minimum atomic E-state index is -0.169. The van der Waals surface area contributed by atoms with Gasteiger partial charge in [0.25, 0.3) is 0 Å². The van der Waals surface area contributed by atoms with Crippen LogP contribution in [0.15, 0.2) is 36.7 Å². The summed E-state index contributed by atoms with van der Waals surface area (Å²) in [5.74, 6) is 0.759. The first-order valence-corrected chi connectivity index (χ1v) is 7.05. The smallest absolute Gasteiger partial charge is 0.225 e. The maximum Gasteiger partial charge on any atom is 0.225 e. The van der Waals surface area contributed by atoms with Crippen LogP contribution in [0.1, 0.15) is 18.4 Å². The Hall–Kier alpha value is -1.94. The van der Waals surface area contributed by atoms with Crippen molar-refractivity contribution in [2.45, 2.75) is 25.9 Å². The van der Waals surface area contributed by atoms with Gasteiger partial charge in [-0.05, 0) is 30.9 Å². The number of hydrogen-bond acceptors (Lipinski definition) is 4. The number of aliphatic hydroxyl groups excluding tert-OH is 1. The van der Waals surface area contributed by atoms with Crippen molar-refractivity contribution in [3.05, 3.63) is 42.2 Å². The minimum absolute atomic E-state index is 0.169. The molecule has 2 heterocycles. The molecule has 1 saturated heterocycles. The normalized spacial score (nSPS) is 16.4. The first kappa shape index (κ1) is 13.1. The summed E-state index contributed by atoms with van der Waals surface area (Å²) in [7, 11) is 0. The quantitative estimate of drug-likeness (QED) is 0.909. The summed E-state index contributed by atoms with van der Waals surface area (Å²) < 4.78 is 0. The highest BCUT2D eigenvalue weighted by Crippen LogP contribution is 2.23. The average molecular weight is 269 g/mol. The van der Waals surface area contributed by atoms with Crippen LogP contribution < -0.4 is 4.90 Å². The van der Waals surface area contributed by atoms with Crippen molar-refractivity contribution in [1.29, 1.82) is 0 Å². The largest absolute Gasteiger partial charge is 0.393 e. The van der Waals surface area contributed by atoms with Gasteiger partial charge in [-0.15, -0.1) is 0 Å². The molecular weight excluding hydrogens is 250 g/mol. The minimum Gasteiger partial charge on any atom is -0.393 e. The number of nitrogens with zero attached hydrogens (tertiary/aromatic N) is 3. The standard InChI is InChI=1S/C16H19N3O/c1-12-4-2-3-5-15(12)13-10-17-16(18-11-13)19-8-6-14(20)7-9-19/h2-5,10-11,14,20H,6-9H2,1H3. The maximum absolute atomic E-state index is 9.53. The second-order valence-corrected chi connectivity index (χ2v) is 5.30. The highest BCUT2D eigenvalue weighted by Gasteiger charge is 2.18. The summed E-state index contributed by atoms with van der Waals surface area (Å²) in [6.45, 7) is 3.74. The van der Waals surface area contributed by atoms with Crippen LogP contribution in [0, 0.1) is 6.92 Å². The zero-order valence-corrected chi connectivity index (χ0v) is 11.7. The van der Waals surface area contributed by atoms with Crippen molar-refractivity contribution in [2.24, 2.45) is 0 Å². The Morgan fingerprint density at radius 2 is 1.75 bits per heavy atom. The average Bonchev–Trinajstić information content (AvgIpc) is 2.49. The summed E-state index contributed by atoms with van der Waals surface area (Å²) >= 11 is 0. The predicted molar refractivity (Wildman–Crippen MR) is 79.7 cm³/mol. The Balaban J connectivity index is 1.80. The Kier molecular flexibility index (Phi) is 3.65. The lowest BCUT2D eigenvalue weighted by atomic mass is 10.0. The van der Waals surface area contributed by atoms with Gasteiger partial charge in [-0.1, -0.05) is 24.3 Å². The summed E-state index contributed by atoms with van der Waals surface area (Å²) in [5.41, 5.74) is 3.45. The van der Waals surface area contributed by atoms with Crippen LogP contribution in [0.4, 0.5) is 5.95 Å². The molecule has 4 nitrogen and oxygen atoms in total. The molecule has 0 unspecified atom stereocenters. The van der Waals surface area contributed by atoms with E-state index in [1.54, 1.807) is 0 Å². The SMILES string of the molecule is Cc1ccccc1-c1cnc(N2CCC(O)CC2)nc1. The van der Waals surface area contributed by atoms with E-state index in [1.165, 1.54) is 11.1 Å². The van der Waals surface area contributed by atoms with Crippen LogP contribution in [0.25, 0.3) is 11.1 Å². The van der Waals surface area contributed by atoms with Gasteiger partial charge in [-0.25, -0.2) is 9.97 Å². The van der Waals surface area contributed by atoms with Crippen LogP contribution in [-0.4, -0.2) is 34.3 Å². The van der Waals surface area contributed by atoms with E-state index in [1.807, 2.05) is 24.5 Å². The van der Waals surface area contributed by atoms with E-state index in [4.69, 9.17) is 0 Å². The van der Waals surface area contributed by atoms with Crippen LogP contribution in [-0.2, 0) is 0 Å². The fourth-order valence-electron chi connectivity index (χ4n) is 2.59. The van der Waals surface area contributed by atoms with Crippen molar-refractivity contribution >= 4 is 5.95 Å². The highest BCUT2D eigenvalue weighted by atomic mass is 16.3. The van der Waals surface area contributed by atoms with Gasteiger partial charge in [0.15, 0.2) is 0 Å². The zero-order chi connectivity index (χ0) is 13.9. The van der Waals surface area contributed by atoms with Crippen molar-refractivity contribution in [3.8, 4) is 11.1 Å². The first-order valence-electron chi connectivity index (χ1n) is 7.05. The van der Waals surface area contributed by atoms with Gasteiger partial charge >= 0.3 is 0 Å². The molecule has 1 aromatic heterocycles. The molecule has 2 aromatic rings. The molecule has 0 spiro atoms. The molecule has 0 saturated carbocycles. The third kappa shape index (κ3) is 2.65. The molecule has 0 aliphatic carbocycles. The summed E-state index contributed by atoms with van der Waals surface area (Å²) in [4.78, 5) is 11.1. The molecule has 1 aliphatic rings. The molecule has 4 heteroatoms. The van der Waals surface area contributed by atoms with E-state index in [2.05, 4.69) is 33.9 Å². The van der Waals surface area contributed by atoms with Crippen molar-refractivity contribution in [3.63, 3.8) is 0 Å². The highest BCUT2D eigenvalue weighted by molar-refractivity contribution is 5.65. The Labute approximate surface area is 119 Å². The summed E-state index contributed by atoms with van der Waals surface area (Å²) in [6, 6.07) is 8.25. The van der Waals surface area contributed by atoms with Gasteiger partial charge in [0.2, 0.25) is 5.95 Å². The molecular formula is C16H19N3O. The van der Waals surface area contributed by atoms with Gasteiger partial charge in [0.1, 0.15) is 0 Å². The van der Waals surface area contributed by atoms with Gasteiger partial charge in [-0.2, -0.15) is 0 Å². The van der Waals surface area contributed by atoms with Crippen LogP contribution in [0.3, 0.4) is 0 Å². The fraction of sp³-hybridized carbons (Fsp3) is 0.375. The third-order valence-corrected chi connectivity index (χ3v) is 3.84. The molecule has 1 N–H and O–H groups in total. The predicted octanol–water partition coefficient (Wildman–Crippen LogP) is 2.41. The zero-order valence-electron chi connectivity index (χ0n) is 11.7. The molecule has 0 atom stereocenters. The molecule has 1 fully saturated rings. The Bertz CT molecular complexity index is 575. The number of aliphatic hydroxyl groups is 1. The molecule has 104 valence electrons. The van der Waals surface area contributed by atoms with Crippen LogP contribution in [0.5, 0.6) is 0 Å². The van der Waals surface area contributed by atoms with E-state index in [9.17, 15) is 5.11 Å². The lowest BCUT2D eigenvalue weighted by Gasteiger charge is -2.29. The molecule has 20 heavy (non-hydrogen) atoms. The third-order valence-electron chi connectivity index (χ3n) is 3.84. The topological polar surface area (TPSA) is 49.2 Å². The van der Waals surface area contributed by atoms with Gasteiger partial charge in [0.05, 0.1) is 6.10 Å². The first-order chi connectivity index (χ1) is 9.74. The molecule has 0 amide bonds. The van der Waals surface area contributed by atoms with Crippen molar-refractivity contribution in [1.82, 2.24) is 9.97 Å². The second-order valence-electron chi connectivity index (χ2n) is 5.30. The number of benzene rings is 1. The van der Waals surface area contributed by atoms with E-state index < -0.39 is 0 Å². The molecule has 3 rings (SSSR count). The summed E-state index contributed by atoms with van der Waals surface area (Å²) in [5, 5.41) is 9.53. The van der Waals surface area contributed by atoms with E-state index in [0.717, 1.165) is 37.4 Å². The number of anilines is 1. The number of aromatic nitrogens is 2. The molecule has 1 aromatic carbocycles. The number of rotatable bonds is 2. The lowest BCUT2D eigenvalue weighted by molar-refractivity contribution is 0.145. The van der Waals surface area contributed by atoms with E-state index in [0.29, 0.717) is 0 Å². The number of hydrogen-bond donors (Lipinski definition) is 1. The second kappa shape index (κ2) is 5.59. The molecule has 0 bridgehead atoms. The lowest BCUT2D eigenvalue weighted by Crippen LogP contribution is -2.36. The number of piperidine rings is 1. The Morgan fingerprint density at radius 1 is 1.10 bits per heavy atom. The van der Waals surface area contributed by atoms with Crippen LogP contribution >= 0.6 is 0 Å². The van der Waals surface area contributed by atoms with Crippen molar-refractivity contribution in [2.75, 3.05) is 18.0 Å². The van der Waals surface area contributed by atoms with E-state index >= 15 is 0 Å². The van der Waals surface area contributed by atoms with Crippen molar-refractivity contribution < 1.29 is 5.11 Å². The van der Waals surface area contributed by atoms with Gasteiger partial charge in [-0.3, -0.25) is 0 Å². The molecule has 1 aliphatic heterocycles. The maximum atomic E-state index is 9.53. The van der Waals surface area contributed by atoms with Crippen LogP contribution in [0.2, 0.25) is 0 Å². The summed E-state index contributed by atoms with van der Waals surface area (Å²) in [6.07, 6.45) is 5.19.